The first-order valence-corrected chi connectivity index (χ1v) is 12.2. The average Bonchev–Trinajstić information content (AvgIpc) is 3.21. The number of hydrogen-bond acceptors (Lipinski definition) is 7. The van der Waals surface area contributed by atoms with Gasteiger partial charge in [-0.1, -0.05) is 35.9 Å². The molecule has 0 radical (unpaired) electrons. The number of carbonyl (C=O) groups is 4. The summed E-state index contributed by atoms with van der Waals surface area (Å²) in [4.78, 5) is 63.5. The maximum Gasteiger partial charge on any atom is 0.280 e. The monoisotopic (exact) mass is 555 g/mol. The van der Waals surface area contributed by atoms with Gasteiger partial charge in [-0.25, -0.2) is 5.01 Å². The maximum atomic E-state index is 13.6. The highest BCUT2D eigenvalue weighted by Gasteiger charge is 2.42. The van der Waals surface area contributed by atoms with Crippen molar-refractivity contribution < 1.29 is 28.8 Å². The molecule has 0 saturated heterocycles. The van der Waals surface area contributed by atoms with Crippen LogP contribution in [0.2, 0.25) is 5.02 Å². The molecule has 1 aliphatic rings. The van der Waals surface area contributed by atoms with Crippen molar-refractivity contribution in [3.8, 4) is 11.5 Å². The van der Waals surface area contributed by atoms with Gasteiger partial charge in [-0.05, 0) is 60.7 Å². The predicted octanol–water partition coefficient (Wildman–Crippen LogP) is 5.58. The number of nitro benzene ring substituents is 1. The van der Waals surface area contributed by atoms with Gasteiger partial charge in [-0.2, -0.15) is 5.01 Å². The number of non-ortho nitro benzene ring substituents is 1. The normalized spacial score (nSPS) is 12.2. The third-order valence-electron chi connectivity index (χ3n) is 6.11. The molecule has 0 bridgehead atoms. The van der Waals surface area contributed by atoms with E-state index in [4.69, 9.17) is 16.3 Å². The van der Waals surface area contributed by atoms with Gasteiger partial charge in [0.15, 0.2) is 5.78 Å². The van der Waals surface area contributed by atoms with Crippen molar-refractivity contribution in [3.05, 3.63) is 134 Å². The smallest absolute Gasteiger partial charge is 0.280 e. The van der Waals surface area contributed by atoms with Crippen LogP contribution in [0.1, 0.15) is 41.4 Å². The number of hydrazine groups is 1. The minimum atomic E-state index is -0.799. The lowest BCUT2D eigenvalue weighted by Gasteiger charge is -2.29. The number of ether oxygens (including phenoxy) is 1. The van der Waals surface area contributed by atoms with Crippen molar-refractivity contribution in [2.45, 2.75) is 0 Å². The minimum absolute atomic E-state index is 0.0142. The molecular weight excluding hydrogens is 538 g/mol. The number of hydrogen-bond donors (Lipinski definition) is 0. The van der Waals surface area contributed by atoms with Crippen molar-refractivity contribution in [2.75, 3.05) is 6.54 Å². The summed E-state index contributed by atoms with van der Waals surface area (Å²) in [6.45, 7) is -0.627. The van der Waals surface area contributed by atoms with Crippen LogP contribution in [0, 0.1) is 10.1 Å². The van der Waals surface area contributed by atoms with Crippen molar-refractivity contribution in [3.63, 3.8) is 0 Å². The van der Waals surface area contributed by atoms with E-state index in [0.29, 0.717) is 16.5 Å². The zero-order valence-electron chi connectivity index (χ0n) is 20.5. The Morgan fingerprint density at radius 2 is 1.32 bits per heavy atom. The van der Waals surface area contributed by atoms with Gasteiger partial charge >= 0.3 is 0 Å². The van der Waals surface area contributed by atoms with E-state index in [9.17, 15) is 29.3 Å². The number of nitrogens with zero attached hydrogens (tertiary/aromatic N) is 3. The average molecular weight is 556 g/mol. The summed E-state index contributed by atoms with van der Waals surface area (Å²) >= 11 is 6.23. The van der Waals surface area contributed by atoms with E-state index < -0.39 is 35.0 Å². The summed E-state index contributed by atoms with van der Waals surface area (Å²) in [7, 11) is 0. The maximum absolute atomic E-state index is 13.6. The highest BCUT2D eigenvalue weighted by molar-refractivity contribution is 6.34. The lowest BCUT2D eigenvalue weighted by atomic mass is 10.1. The second-order valence-electron chi connectivity index (χ2n) is 8.61. The molecule has 0 atom stereocenters. The van der Waals surface area contributed by atoms with Crippen LogP contribution in [0.4, 0.5) is 5.69 Å². The molecule has 0 aliphatic carbocycles. The van der Waals surface area contributed by atoms with Gasteiger partial charge in [0.25, 0.3) is 23.4 Å². The molecule has 1 heterocycles. The standard InChI is InChI=1S/C29H18ClN3O7/c30-25-8-4-3-7-24(25)27(35)31(32-28(36)22-5-1-2-6-23(22)29(32)37)17-26(34)18-9-13-20(14-10-18)40-21-15-11-19(12-16-21)33(38)39/h1-16H,17H2. The summed E-state index contributed by atoms with van der Waals surface area (Å²) in [6.07, 6.45) is 0. The number of halogens is 1. The number of imide groups is 1. The molecule has 10 nitrogen and oxygen atoms in total. The summed E-state index contributed by atoms with van der Waals surface area (Å²) < 4.78 is 5.67. The van der Waals surface area contributed by atoms with E-state index in [-0.39, 0.29) is 33.0 Å². The van der Waals surface area contributed by atoms with Gasteiger partial charge in [-0.3, -0.25) is 29.3 Å². The summed E-state index contributed by atoms with van der Waals surface area (Å²) in [5.41, 5.74) is 0.349. The Morgan fingerprint density at radius 3 is 1.88 bits per heavy atom. The molecule has 0 N–H and O–H groups in total. The van der Waals surface area contributed by atoms with Crippen molar-refractivity contribution in [1.29, 1.82) is 0 Å². The third kappa shape index (κ3) is 5.03. The fraction of sp³-hybridized carbons (Fsp3) is 0.0345. The molecule has 198 valence electrons. The zero-order valence-corrected chi connectivity index (χ0v) is 21.3. The Morgan fingerprint density at radius 1 is 0.800 bits per heavy atom. The molecule has 0 saturated carbocycles. The molecule has 0 fully saturated rings. The van der Waals surface area contributed by atoms with Gasteiger partial charge in [0.05, 0.1) is 26.6 Å². The Hall–Kier alpha value is -5.35. The van der Waals surface area contributed by atoms with E-state index in [0.717, 1.165) is 5.01 Å². The molecule has 11 heteroatoms. The largest absolute Gasteiger partial charge is 0.457 e. The van der Waals surface area contributed by atoms with Gasteiger partial charge in [-0.15, -0.1) is 0 Å². The van der Waals surface area contributed by atoms with Crippen LogP contribution in [0.15, 0.2) is 97.1 Å². The topological polar surface area (TPSA) is 127 Å². The highest BCUT2D eigenvalue weighted by atomic mass is 35.5. The summed E-state index contributed by atoms with van der Waals surface area (Å²) in [5, 5.41) is 12.4. The molecule has 3 amide bonds. The first-order chi connectivity index (χ1) is 19.2. The number of rotatable bonds is 8. The van der Waals surface area contributed by atoms with Crippen LogP contribution in [-0.2, 0) is 0 Å². The molecule has 0 spiro atoms. The quantitative estimate of drug-likeness (QED) is 0.120. The first-order valence-electron chi connectivity index (χ1n) is 11.8. The third-order valence-corrected chi connectivity index (χ3v) is 6.44. The van der Waals surface area contributed by atoms with Gasteiger partial charge < -0.3 is 4.74 Å². The molecule has 0 aromatic heterocycles. The number of nitro groups is 1. The van der Waals surface area contributed by atoms with Crippen molar-refractivity contribution in [2.24, 2.45) is 0 Å². The Balaban J connectivity index is 1.39. The number of Topliss-reactive ketones (excluding diaryl/α,β-unsaturated/α-hetero) is 1. The second-order valence-corrected chi connectivity index (χ2v) is 9.02. The van der Waals surface area contributed by atoms with E-state index in [1.807, 2.05) is 0 Å². The zero-order chi connectivity index (χ0) is 28.4. The Kier molecular flexibility index (Phi) is 7.09. The fourth-order valence-corrected chi connectivity index (χ4v) is 4.33. The Bertz CT molecular complexity index is 1640. The van der Waals surface area contributed by atoms with Gasteiger partial charge in [0.2, 0.25) is 0 Å². The highest BCUT2D eigenvalue weighted by Crippen LogP contribution is 2.28. The van der Waals surface area contributed by atoms with Gasteiger partial charge in [0, 0.05) is 17.7 Å². The molecular formula is C29H18ClN3O7. The summed E-state index contributed by atoms with van der Waals surface area (Å²) in [6, 6.07) is 23.7. The lowest BCUT2D eigenvalue weighted by molar-refractivity contribution is -0.384. The molecule has 4 aromatic rings. The molecule has 5 rings (SSSR count). The van der Waals surface area contributed by atoms with Crippen molar-refractivity contribution >= 4 is 40.8 Å². The number of fused-ring (bicyclic) bond motifs is 1. The van der Waals surface area contributed by atoms with E-state index in [1.54, 1.807) is 24.3 Å². The number of ketones is 1. The Labute approximate surface area is 232 Å². The SMILES string of the molecule is O=C(CN(C(=O)c1ccccc1Cl)N1C(=O)c2ccccc2C1=O)c1ccc(Oc2ccc([N+](=O)[O-])cc2)cc1. The second kappa shape index (κ2) is 10.8. The van der Waals surface area contributed by atoms with Crippen LogP contribution < -0.4 is 4.74 Å². The van der Waals surface area contributed by atoms with E-state index in [1.165, 1.54) is 72.8 Å². The summed E-state index contributed by atoms with van der Waals surface area (Å²) in [5.74, 6) is -2.12. The molecule has 4 aromatic carbocycles. The van der Waals surface area contributed by atoms with Crippen molar-refractivity contribution in [1.82, 2.24) is 10.0 Å². The molecule has 0 unspecified atom stereocenters. The van der Waals surface area contributed by atoms with Crippen LogP contribution in [-0.4, -0.2) is 45.0 Å². The number of carbonyl (C=O) groups excluding carboxylic acids is 4. The van der Waals surface area contributed by atoms with E-state index in [2.05, 4.69) is 0 Å². The first kappa shape index (κ1) is 26.3. The van der Waals surface area contributed by atoms with Crippen LogP contribution in [0.3, 0.4) is 0 Å². The van der Waals surface area contributed by atoms with E-state index >= 15 is 0 Å². The lowest BCUT2D eigenvalue weighted by Crippen LogP contribution is -2.51. The van der Waals surface area contributed by atoms with Gasteiger partial charge in [0.1, 0.15) is 18.0 Å². The molecule has 1 aliphatic heterocycles. The fourth-order valence-electron chi connectivity index (χ4n) is 4.11. The van der Waals surface area contributed by atoms with Crippen LogP contribution >= 0.6 is 11.6 Å². The van der Waals surface area contributed by atoms with Crippen LogP contribution in [0.5, 0.6) is 11.5 Å². The minimum Gasteiger partial charge on any atom is -0.457 e. The van der Waals surface area contributed by atoms with Crippen LogP contribution in [0.25, 0.3) is 0 Å². The predicted molar refractivity (Wildman–Crippen MR) is 143 cm³/mol. The number of benzene rings is 4. The number of amides is 3. The molecule has 40 heavy (non-hydrogen) atoms.